The third kappa shape index (κ3) is 11.6. The number of carbonyl (C=O) groups is 5. The fourth-order valence-corrected chi connectivity index (χ4v) is 3.97. The Morgan fingerprint density at radius 2 is 1.24 bits per heavy atom. The van der Waals surface area contributed by atoms with Gasteiger partial charge in [0.05, 0.1) is 12.5 Å². The molecule has 0 aromatic heterocycles. The van der Waals surface area contributed by atoms with Crippen molar-refractivity contribution in [1.29, 1.82) is 0 Å². The van der Waals surface area contributed by atoms with Crippen LogP contribution in [0, 0.1) is 0 Å². The quantitative estimate of drug-likeness (QED) is 0.115. The molecule has 2 aromatic carbocycles. The molecule has 13 heteroatoms. The Morgan fingerprint density at radius 3 is 1.83 bits per heavy atom. The molecule has 2 rings (SSSR count). The monoisotopic (exact) mass is 571 g/mol. The molecule has 3 amide bonds. The van der Waals surface area contributed by atoms with Crippen molar-refractivity contribution in [2.24, 2.45) is 11.5 Å². The van der Waals surface area contributed by atoms with Gasteiger partial charge in [-0.25, -0.2) is 4.79 Å². The summed E-state index contributed by atoms with van der Waals surface area (Å²) in [5.41, 5.74) is 12.5. The highest BCUT2D eigenvalue weighted by Crippen LogP contribution is 2.13. The number of amides is 3. The van der Waals surface area contributed by atoms with E-state index in [1.54, 1.807) is 30.3 Å². The smallest absolute Gasteiger partial charge is 0.326 e. The van der Waals surface area contributed by atoms with Gasteiger partial charge in [0.25, 0.3) is 0 Å². The van der Waals surface area contributed by atoms with Gasteiger partial charge in [0, 0.05) is 12.8 Å². The normalized spacial score (nSPS) is 13.7. The highest BCUT2D eigenvalue weighted by molar-refractivity contribution is 5.95. The third-order valence-corrected chi connectivity index (χ3v) is 6.22. The summed E-state index contributed by atoms with van der Waals surface area (Å²) >= 11 is 0. The Kier molecular flexibility index (Phi) is 13.2. The van der Waals surface area contributed by atoms with Gasteiger partial charge in [0.2, 0.25) is 17.7 Å². The molecular weight excluding hydrogens is 534 g/mol. The Morgan fingerprint density at radius 1 is 0.707 bits per heavy atom. The molecule has 0 heterocycles. The fourth-order valence-electron chi connectivity index (χ4n) is 3.97. The number of carboxylic acids is 2. The Bertz CT molecular complexity index is 1180. The summed E-state index contributed by atoms with van der Waals surface area (Å²) in [5.74, 6) is -5.25. The zero-order valence-corrected chi connectivity index (χ0v) is 22.5. The highest BCUT2D eigenvalue weighted by Gasteiger charge is 2.31. The minimum absolute atomic E-state index is 0.0263. The number of aliphatic carboxylic acids is 2. The number of phenolic OH excluding ortho intramolecular Hbond substituents is 1. The van der Waals surface area contributed by atoms with Crippen LogP contribution in [0.4, 0.5) is 0 Å². The lowest BCUT2D eigenvalue weighted by Crippen LogP contribution is -2.58. The van der Waals surface area contributed by atoms with Crippen LogP contribution in [0.5, 0.6) is 5.75 Å². The van der Waals surface area contributed by atoms with Crippen molar-refractivity contribution in [3.8, 4) is 5.75 Å². The molecule has 2 aromatic rings. The summed E-state index contributed by atoms with van der Waals surface area (Å²) < 4.78 is 0. The summed E-state index contributed by atoms with van der Waals surface area (Å²) in [7, 11) is 0. The van der Waals surface area contributed by atoms with E-state index in [1.165, 1.54) is 24.3 Å². The van der Waals surface area contributed by atoms with Crippen LogP contribution in [0.3, 0.4) is 0 Å². The van der Waals surface area contributed by atoms with Crippen LogP contribution in [0.25, 0.3) is 0 Å². The van der Waals surface area contributed by atoms with Crippen molar-refractivity contribution in [2.75, 3.05) is 6.54 Å². The van der Waals surface area contributed by atoms with E-state index in [1.807, 2.05) is 0 Å². The van der Waals surface area contributed by atoms with Crippen LogP contribution in [0.15, 0.2) is 54.6 Å². The number of carbonyl (C=O) groups excluding carboxylic acids is 3. The van der Waals surface area contributed by atoms with Crippen molar-refractivity contribution in [2.45, 2.75) is 62.7 Å². The first-order valence-electron chi connectivity index (χ1n) is 13.1. The number of hydrogen-bond donors (Lipinski definition) is 8. The molecule has 4 unspecified atom stereocenters. The molecule has 222 valence electrons. The SMILES string of the molecule is NCCCCC(N)C(=O)NC(CC(=O)O)C(=O)NC(Cc1ccc(O)cc1)C(=O)NC(Cc1ccccc1)C(=O)O. The zero-order valence-electron chi connectivity index (χ0n) is 22.5. The largest absolute Gasteiger partial charge is 0.508 e. The summed E-state index contributed by atoms with van der Waals surface area (Å²) in [6.45, 7) is 0.414. The lowest BCUT2D eigenvalue weighted by atomic mass is 10.0. The molecule has 0 spiro atoms. The second-order valence-corrected chi connectivity index (χ2v) is 9.57. The predicted molar refractivity (Wildman–Crippen MR) is 149 cm³/mol. The van der Waals surface area contributed by atoms with Crippen LogP contribution in [-0.4, -0.2) is 75.7 Å². The molecule has 10 N–H and O–H groups in total. The zero-order chi connectivity index (χ0) is 30.4. The van der Waals surface area contributed by atoms with Gasteiger partial charge in [-0.05, 0) is 42.6 Å². The first-order chi connectivity index (χ1) is 19.5. The highest BCUT2D eigenvalue weighted by atomic mass is 16.4. The van der Waals surface area contributed by atoms with Gasteiger partial charge < -0.3 is 42.7 Å². The van der Waals surface area contributed by atoms with Crippen LogP contribution >= 0.6 is 0 Å². The van der Waals surface area contributed by atoms with E-state index in [4.69, 9.17) is 11.5 Å². The van der Waals surface area contributed by atoms with E-state index < -0.39 is 60.2 Å². The lowest BCUT2D eigenvalue weighted by Gasteiger charge is -2.25. The average molecular weight is 572 g/mol. The first-order valence-corrected chi connectivity index (χ1v) is 13.1. The Hall–Kier alpha value is -4.49. The van der Waals surface area contributed by atoms with Crippen molar-refractivity contribution in [1.82, 2.24) is 16.0 Å². The van der Waals surface area contributed by atoms with Crippen LogP contribution in [0.1, 0.15) is 36.8 Å². The number of rotatable bonds is 17. The van der Waals surface area contributed by atoms with Gasteiger partial charge in [-0.15, -0.1) is 0 Å². The number of carboxylic acid groups (broad SMARTS) is 2. The molecular formula is C28H37N5O8. The van der Waals surface area contributed by atoms with Crippen LogP contribution in [0.2, 0.25) is 0 Å². The van der Waals surface area contributed by atoms with Gasteiger partial charge in [0.15, 0.2) is 0 Å². The van der Waals surface area contributed by atoms with E-state index >= 15 is 0 Å². The van der Waals surface area contributed by atoms with Gasteiger partial charge >= 0.3 is 11.9 Å². The number of hydrogen-bond acceptors (Lipinski definition) is 8. The van der Waals surface area contributed by atoms with Crippen LogP contribution < -0.4 is 27.4 Å². The minimum atomic E-state index is -1.56. The number of nitrogens with one attached hydrogen (secondary N) is 3. The predicted octanol–water partition coefficient (Wildman–Crippen LogP) is -0.353. The fraction of sp³-hybridized carbons (Fsp3) is 0.393. The minimum Gasteiger partial charge on any atom is -0.508 e. The number of aromatic hydroxyl groups is 1. The van der Waals surface area contributed by atoms with Crippen molar-refractivity contribution < 1.29 is 39.3 Å². The van der Waals surface area contributed by atoms with Crippen molar-refractivity contribution >= 4 is 29.7 Å². The number of phenols is 1. The molecule has 4 atom stereocenters. The maximum atomic E-state index is 13.3. The first kappa shape index (κ1) is 32.7. The lowest BCUT2D eigenvalue weighted by molar-refractivity contribution is -0.143. The van der Waals surface area contributed by atoms with E-state index in [-0.39, 0.29) is 25.0 Å². The van der Waals surface area contributed by atoms with E-state index in [9.17, 15) is 39.3 Å². The van der Waals surface area contributed by atoms with E-state index in [0.29, 0.717) is 30.5 Å². The number of unbranched alkanes of at least 4 members (excludes halogenated alkanes) is 1. The van der Waals surface area contributed by atoms with Gasteiger partial charge in [-0.3, -0.25) is 19.2 Å². The summed E-state index contributed by atoms with van der Waals surface area (Å²) in [4.78, 5) is 62.4. The van der Waals surface area contributed by atoms with E-state index in [2.05, 4.69) is 16.0 Å². The van der Waals surface area contributed by atoms with Gasteiger partial charge in [-0.2, -0.15) is 0 Å². The molecule has 0 radical (unpaired) electrons. The molecule has 0 aliphatic heterocycles. The van der Waals surface area contributed by atoms with Gasteiger partial charge in [0.1, 0.15) is 23.9 Å². The second-order valence-electron chi connectivity index (χ2n) is 9.57. The second kappa shape index (κ2) is 16.6. The molecule has 0 saturated heterocycles. The number of nitrogens with two attached hydrogens (primary N) is 2. The Labute approximate surface area is 237 Å². The molecule has 0 bridgehead atoms. The molecule has 0 saturated carbocycles. The number of benzene rings is 2. The average Bonchev–Trinajstić information content (AvgIpc) is 2.93. The van der Waals surface area contributed by atoms with Gasteiger partial charge in [-0.1, -0.05) is 48.9 Å². The summed E-state index contributed by atoms with van der Waals surface area (Å²) in [6, 6.07) is 9.16. The Balaban J connectivity index is 2.24. The van der Waals surface area contributed by atoms with Crippen molar-refractivity contribution in [3.63, 3.8) is 0 Å². The topological polar surface area (TPSA) is 234 Å². The maximum absolute atomic E-state index is 13.3. The maximum Gasteiger partial charge on any atom is 0.326 e. The molecule has 41 heavy (non-hydrogen) atoms. The molecule has 0 aliphatic rings. The van der Waals surface area contributed by atoms with E-state index in [0.717, 1.165) is 0 Å². The summed E-state index contributed by atoms with van der Waals surface area (Å²) in [5, 5.41) is 35.9. The molecule has 0 fully saturated rings. The third-order valence-electron chi connectivity index (χ3n) is 6.22. The summed E-state index contributed by atoms with van der Waals surface area (Å²) in [6.07, 6.45) is 0.531. The molecule has 0 aliphatic carbocycles. The molecule has 13 nitrogen and oxygen atoms in total. The van der Waals surface area contributed by atoms with Crippen LogP contribution in [-0.2, 0) is 36.8 Å². The van der Waals surface area contributed by atoms with Crippen molar-refractivity contribution in [3.05, 3.63) is 65.7 Å². The standard InChI is InChI=1S/C28H37N5O8/c29-13-5-4-8-20(30)25(37)31-22(16-24(35)36)27(39)32-21(14-18-9-11-19(34)12-10-18)26(38)33-23(28(40)41)15-17-6-2-1-3-7-17/h1-3,6-7,9-12,20-23,34H,4-5,8,13-16,29-30H2,(H,31,37)(H,32,39)(H,33,38)(H,35,36)(H,40,41).